The molecule has 0 unspecified atom stereocenters. The Balaban J connectivity index is 2.33. The number of nitrogens with zero attached hydrogens (tertiary/aromatic N) is 2. The number of rotatable bonds is 3. The van der Waals surface area contributed by atoms with Crippen LogP contribution in [0.4, 0.5) is 17.1 Å². The third-order valence-electron chi connectivity index (χ3n) is 3.38. The Morgan fingerprint density at radius 3 is 3.00 bits per heavy atom. The number of nitrogens with one attached hydrogen (secondary N) is 1. The maximum Gasteiger partial charge on any atom is 0.294 e. The zero-order chi connectivity index (χ0) is 14.0. The van der Waals surface area contributed by atoms with Crippen molar-refractivity contribution in [3.8, 4) is 0 Å². The van der Waals surface area contributed by atoms with Gasteiger partial charge in [0.15, 0.2) is 0 Å². The lowest BCUT2D eigenvalue weighted by molar-refractivity contribution is -0.383. The number of piperazine rings is 1. The number of nitrogen functional groups attached to an aromatic ring is 1. The Bertz CT molecular complexity index is 495. The van der Waals surface area contributed by atoms with Gasteiger partial charge in [-0.15, -0.1) is 0 Å². The first-order valence-corrected chi connectivity index (χ1v) is 6.62. The molecule has 1 aromatic carbocycles. The van der Waals surface area contributed by atoms with Crippen molar-refractivity contribution in [1.82, 2.24) is 5.32 Å². The van der Waals surface area contributed by atoms with E-state index in [0.29, 0.717) is 16.8 Å². The lowest BCUT2D eigenvalue weighted by atomic mass is 10.1. The number of hydrogen-bond acceptors (Lipinski definition) is 5. The van der Waals surface area contributed by atoms with Crippen LogP contribution < -0.4 is 16.0 Å². The highest BCUT2D eigenvalue weighted by Gasteiger charge is 2.23. The predicted octanol–water partition coefficient (Wildman–Crippen LogP) is 2.02. The normalized spacial score (nSPS) is 19.5. The highest BCUT2D eigenvalue weighted by atomic mass is 35.5. The first-order chi connectivity index (χ1) is 9.02. The van der Waals surface area contributed by atoms with Crippen LogP contribution in [-0.4, -0.2) is 30.6 Å². The molecule has 0 aliphatic carbocycles. The molecule has 1 aliphatic rings. The molecule has 1 aliphatic heterocycles. The van der Waals surface area contributed by atoms with Crippen LogP contribution >= 0.6 is 11.6 Å². The molecule has 0 bridgehead atoms. The second kappa shape index (κ2) is 5.63. The number of nitrogens with two attached hydrogens (primary N) is 1. The van der Waals surface area contributed by atoms with E-state index in [1.165, 1.54) is 12.1 Å². The molecule has 7 heteroatoms. The smallest absolute Gasteiger partial charge is 0.294 e. The van der Waals surface area contributed by atoms with Gasteiger partial charge in [-0.25, -0.2) is 0 Å². The van der Waals surface area contributed by atoms with Crippen molar-refractivity contribution < 1.29 is 4.92 Å². The minimum Gasteiger partial charge on any atom is -0.393 e. The van der Waals surface area contributed by atoms with Crippen molar-refractivity contribution in [2.24, 2.45) is 0 Å². The topological polar surface area (TPSA) is 84.4 Å². The number of hydrogen-bond donors (Lipinski definition) is 2. The highest BCUT2D eigenvalue weighted by molar-refractivity contribution is 6.33. The zero-order valence-corrected chi connectivity index (χ0v) is 11.5. The Morgan fingerprint density at radius 2 is 2.37 bits per heavy atom. The standard InChI is InChI=1S/C12H17ClN4O2/c1-2-8-7-16(4-3-15-8)11-6-12(17(18)19)10(14)5-9(11)13/h5-6,8,15H,2-4,7,14H2,1H3/t8-/m0/s1. The van der Waals surface area contributed by atoms with Gasteiger partial charge in [0.2, 0.25) is 0 Å². The van der Waals surface area contributed by atoms with Crippen molar-refractivity contribution in [2.75, 3.05) is 30.3 Å². The minimum absolute atomic E-state index is 0.0917. The Labute approximate surface area is 116 Å². The van der Waals surface area contributed by atoms with Gasteiger partial charge in [-0.1, -0.05) is 18.5 Å². The maximum absolute atomic E-state index is 10.9. The van der Waals surface area contributed by atoms with E-state index in [-0.39, 0.29) is 11.4 Å². The van der Waals surface area contributed by atoms with Gasteiger partial charge in [-0.05, 0) is 12.5 Å². The van der Waals surface area contributed by atoms with Crippen LogP contribution in [0, 0.1) is 10.1 Å². The fourth-order valence-corrected chi connectivity index (χ4v) is 2.58. The molecule has 1 saturated heterocycles. The summed E-state index contributed by atoms with van der Waals surface area (Å²) in [5.41, 5.74) is 6.31. The van der Waals surface area contributed by atoms with Gasteiger partial charge < -0.3 is 16.0 Å². The van der Waals surface area contributed by atoms with E-state index >= 15 is 0 Å². The Hall–Kier alpha value is -1.53. The van der Waals surface area contributed by atoms with E-state index in [1.807, 2.05) is 0 Å². The molecule has 2 rings (SSSR count). The Morgan fingerprint density at radius 1 is 1.63 bits per heavy atom. The van der Waals surface area contributed by atoms with Gasteiger partial charge in [-0.2, -0.15) is 0 Å². The molecule has 0 radical (unpaired) electrons. The highest BCUT2D eigenvalue weighted by Crippen LogP contribution is 2.35. The summed E-state index contributed by atoms with van der Waals surface area (Å²) in [6.45, 7) is 4.51. The summed E-state index contributed by atoms with van der Waals surface area (Å²) >= 11 is 6.17. The average molecular weight is 285 g/mol. The fraction of sp³-hybridized carbons (Fsp3) is 0.500. The summed E-state index contributed by atoms with van der Waals surface area (Å²) in [7, 11) is 0. The van der Waals surface area contributed by atoms with Crippen molar-refractivity contribution in [1.29, 1.82) is 0 Å². The molecule has 1 aromatic rings. The molecule has 0 amide bonds. The predicted molar refractivity (Wildman–Crippen MR) is 76.8 cm³/mol. The monoisotopic (exact) mass is 284 g/mol. The van der Waals surface area contributed by atoms with Crippen LogP contribution in [0.5, 0.6) is 0 Å². The lowest BCUT2D eigenvalue weighted by Crippen LogP contribution is -2.50. The summed E-state index contributed by atoms with van der Waals surface area (Å²) < 4.78 is 0. The van der Waals surface area contributed by atoms with Crippen LogP contribution in [-0.2, 0) is 0 Å². The summed E-state index contributed by atoms with van der Waals surface area (Å²) in [6.07, 6.45) is 1.01. The van der Waals surface area contributed by atoms with E-state index in [2.05, 4.69) is 17.1 Å². The first-order valence-electron chi connectivity index (χ1n) is 6.24. The first kappa shape index (κ1) is 13.9. The second-order valence-corrected chi connectivity index (χ2v) is 5.03. The van der Waals surface area contributed by atoms with Crippen LogP contribution in [0.2, 0.25) is 5.02 Å². The van der Waals surface area contributed by atoms with E-state index in [0.717, 1.165) is 26.1 Å². The average Bonchev–Trinajstić information content (AvgIpc) is 2.38. The second-order valence-electron chi connectivity index (χ2n) is 4.62. The Kier molecular flexibility index (Phi) is 4.11. The molecule has 6 nitrogen and oxygen atoms in total. The summed E-state index contributed by atoms with van der Waals surface area (Å²) in [6, 6.07) is 3.30. The molecule has 1 fully saturated rings. The van der Waals surface area contributed by atoms with Gasteiger partial charge in [0, 0.05) is 31.7 Å². The van der Waals surface area contributed by atoms with Gasteiger partial charge in [0.25, 0.3) is 5.69 Å². The van der Waals surface area contributed by atoms with E-state index in [9.17, 15) is 10.1 Å². The number of nitro groups is 1. The number of anilines is 2. The molecule has 0 saturated carbocycles. The molecule has 0 spiro atoms. The third kappa shape index (κ3) is 2.90. The zero-order valence-electron chi connectivity index (χ0n) is 10.7. The van der Waals surface area contributed by atoms with Crippen molar-refractivity contribution in [3.63, 3.8) is 0 Å². The van der Waals surface area contributed by atoms with E-state index in [4.69, 9.17) is 17.3 Å². The third-order valence-corrected chi connectivity index (χ3v) is 3.68. The fourth-order valence-electron chi connectivity index (χ4n) is 2.28. The molecule has 3 N–H and O–H groups in total. The number of halogens is 1. The molecular formula is C12H17ClN4O2. The van der Waals surface area contributed by atoms with Gasteiger partial charge in [0.05, 0.1) is 15.6 Å². The van der Waals surface area contributed by atoms with Gasteiger partial charge >= 0.3 is 0 Å². The quantitative estimate of drug-likeness (QED) is 0.504. The van der Waals surface area contributed by atoms with Crippen LogP contribution in [0.25, 0.3) is 0 Å². The van der Waals surface area contributed by atoms with E-state index < -0.39 is 4.92 Å². The van der Waals surface area contributed by atoms with Crippen LogP contribution in [0.3, 0.4) is 0 Å². The largest absolute Gasteiger partial charge is 0.393 e. The minimum atomic E-state index is -0.478. The molecule has 1 atom stereocenters. The van der Waals surface area contributed by atoms with Crippen LogP contribution in [0.1, 0.15) is 13.3 Å². The van der Waals surface area contributed by atoms with Crippen molar-refractivity contribution >= 4 is 28.7 Å². The molecule has 0 aromatic heterocycles. The number of nitro benzene ring substituents is 1. The summed E-state index contributed by atoms with van der Waals surface area (Å²) in [4.78, 5) is 12.5. The molecule has 19 heavy (non-hydrogen) atoms. The lowest BCUT2D eigenvalue weighted by Gasteiger charge is -2.35. The van der Waals surface area contributed by atoms with E-state index in [1.54, 1.807) is 0 Å². The number of benzene rings is 1. The molecule has 1 heterocycles. The van der Waals surface area contributed by atoms with Crippen LogP contribution in [0.15, 0.2) is 12.1 Å². The van der Waals surface area contributed by atoms with Gasteiger partial charge in [0.1, 0.15) is 5.69 Å². The summed E-state index contributed by atoms with van der Waals surface area (Å²) in [5, 5.41) is 14.8. The SMILES string of the molecule is CC[C@H]1CN(c2cc([N+](=O)[O-])c(N)cc2Cl)CCN1. The maximum atomic E-state index is 10.9. The van der Waals surface area contributed by atoms with Crippen molar-refractivity contribution in [2.45, 2.75) is 19.4 Å². The molecular weight excluding hydrogens is 268 g/mol. The molecule has 104 valence electrons. The van der Waals surface area contributed by atoms with Gasteiger partial charge in [-0.3, -0.25) is 10.1 Å². The summed E-state index contributed by atoms with van der Waals surface area (Å²) in [5.74, 6) is 0. The van der Waals surface area contributed by atoms with Crippen molar-refractivity contribution in [3.05, 3.63) is 27.3 Å².